The van der Waals surface area contributed by atoms with Crippen molar-refractivity contribution in [3.63, 3.8) is 0 Å². The number of nitrogens with zero attached hydrogens (tertiary/aromatic N) is 3. The SMILES string of the molecule is NC(=S)NNN=Nc1ccccn1. The molecule has 68 valence electrons. The third kappa shape index (κ3) is 3.97. The van der Waals surface area contributed by atoms with Crippen molar-refractivity contribution in [2.45, 2.75) is 0 Å². The van der Waals surface area contributed by atoms with Gasteiger partial charge in [-0.3, -0.25) is 5.43 Å². The highest BCUT2D eigenvalue weighted by Gasteiger charge is 1.85. The van der Waals surface area contributed by atoms with Crippen LogP contribution in [0.1, 0.15) is 0 Å². The fourth-order valence-corrected chi connectivity index (χ4v) is 0.615. The van der Waals surface area contributed by atoms with Crippen LogP contribution in [-0.2, 0) is 0 Å². The van der Waals surface area contributed by atoms with E-state index in [1.165, 1.54) is 0 Å². The van der Waals surface area contributed by atoms with Crippen LogP contribution in [0, 0.1) is 0 Å². The molecule has 7 heteroatoms. The van der Waals surface area contributed by atoms with Gasteiger partial charge in [-0.2, -0.15) is 5.53 Å². The van der Waals surface area contributed by atoms with Crippen molar-refractivity contribution in [3.8, 4) is 0 Å². The van der Waals surface area contributed by atoms with Gasteiger partial charge in [0.15, 0.2) is 10.9 Å². The van der Waals surface area contributed by atoms with Gasteiger partial charge >= 0.3 is 0 Å². The average molecular weight is 196 g/mol. The number of hydrogen-bond donors (Lipinski definition) is 3. The summed E-state index contributed by atoms with van der Waals surface area (Å²) in [5, 5.41) is 7.32. The first-order valence-electron chi connectivity index (χ1n) is 3.41. The Labute approximate surface area is 80.2 Å². The summed E-state index contributed by atoms with van der Waals surface area (Å²) in [4.78, 5) is 3.90. The molecule has 1 rings (SSSR count). The van der Waals surface area contributed by atoms with Crippen LogP contribution in [0.25, 0.3) is 0 Å². The molecule has 0 spiro atoms. The second kappa shape index (κ2) is 4.99. The van der Waals surface area contributed by atoms with E-state index >= 15 is 0 Å². The van der Waals surface area contributed by atoms with Crippen LogP contribution in [0.4, 0.5) is 5.82 Å². The highest BCUT2D eigenvalue weighted by Crippen LogP contribution is 2.03. The van der Waals surface area contributed by atoms with Crippen molar-refractivity contribution in [1.29, 1.82) is 0 Å². The molecular weight excluding hydrogens is 188 g/mol. The van der Waals surface area contributed by atoms with E-state index in [0.29, 0.717) is 5.82 Å². The molecule has 0 radical (unpaired) electrons. The Morgan fingerprint density at radius 3 is 3.00 bits per heavy atom. The van der Waals surface area contributed by atoms with Gasteiger partial charge in [0.1, 0.15) is 0 Å². The highest BCUT2D eigenvalue weighted by atomic mass is 32.1. The molecule has 1 aromatic rings. The zero-order valence-electron chi connectivity index (χ0n) is 6.64. The van der Waals surface area contributed by atoms with Gasteiger partial charge in [0.05, 0.1) is 0 Å². The molecule has 13 heavy (non-hydrogen) atoms. The molecule has 0 aliphatic heterocycles. The van der Waals surface area contributed by atoms with Crippen molar-refractivity contribution in [3.05, 3.63) is 24.4 Å². The molecule has 0 unspecified atom stereocenters. The average Bonchev–Trinajstić information content (AvgIpc) is 2.14. The van der Waals surface area contributed by atoms with Crippen LogP contribution in [0.15, 0.2) is 34.7 Å². The predicted molar refractivity (Wildman–Crippen MR) is 51.8 cm³/mol. The van der Waals surface area contributed by atoms with Crippen LogP contribution in [-0.4, -0.2) is 10.1 Å². The Kier molecular flexibility index (Phi) is 3.58. The van der Waals surface area contributed by atoms with Crippen LogP contribution in [0.3, 0.4) is 0 Å². The summed E-state index contributed by atoms with van der Waals surface area (Å²) >= 11 is 4.51. The van der Waals surface area contributed by atoms with Gasteiger partial charge < -0.3 is 5.73 Å². The van der Waals surface area contributed by atoms with Crippen LogP contribution in [0.2, 0.25) is 0 Å². The number of aromatic nitrogens is 1. The number of pyridine rings is 1. The third-order valence-corrected chi connectivity index (χ3v) is 1.13. The number of rotatable bonds is 3. The fraction of sp³-hybridized carbons (Fsp3) is 0. The predicted octanol–water partition coefficient (Wildman–Crippen LogP) is 0.418. The van der Waals surface area contributed by atoms with Crippen LogP contribution >= 0.6 is 12.2 Å². The van der Waals surface area contributed by atoms with Gasteiger partial charge in [0.25, 0.3) is 0 Å². The summed E-state index contributed by atoms with van der Waals surface area (Å²) in [6.45, 7) is 0. The molecule has 1 aromatic heterocycles. The molecule has 4 N–H and O–H groups in total. The molecule has 0 bridgehead atoms. The van der Waals surface area contributed by atoms with Crippen molar-refractivity contribution >= 4 is 23.1 Å². The smallest absolute Gasteiger partial charge is 0.183 e. The molecule has 0 aliphatic rings. The van der Waals surface area contributed by atoms with Crippen molar-refractivity contribution in [2.24, 2.45) is 16.1 Å². The normalized spacial score (nSPS) is 9.85. The van der Waals surface area contributed by atoms with E-state index in [1.54, 1.807) is 18.3 Å². The number of nitrogens with one attached hydrogen (secondary N) is 2. The number of hydrogen-bond acceptors (Lipinski definition) is 4. The van der Waals surface area contributed by atoms with Gasteiger partial charge in [-0.15, -0.1) is 5.11 Å². The van der Waals surface area contributed by atoms with E-state index in [2.05, 4.69) is 38.5 Å². The molecular formula is C6H8N6S. The van der Waals surface area contributed by atoms with E-state index < -0.39 is 0 Å². The van der Waals surface area contributed by atoms with Gasteiger partial charge in [0, 0.05) is 6.20 Å². The van der Waals surface area contributed by atoms with Gasteiger partial charge in [-0.25, -0.2) is 4.98 Å². The number of nitrogens with two attached hydrogens (primary N) is 1. The summed E-state index contributed by atoms with van der Waals surface area (Å²) in [5.74, 6) is 0.500. The van der Waals surface area contributed by atoms with E-state index in [-0.39, 0.29) is 5.11 Å². The number of thiocarbonyl (C=S) groups is 1. The Morgan fingerprint density at radius 1 is 1.54 bits per heavy atom. The quantitative estimate of drug-likeness (QED) is 0.370. The molecule has 1 heterocycles. The molecule has 0 aliphatic carbocycles. The molecule has 0 fully saturated rings. The minimum absolute atomic E-state index is 0.0972. The van der Waals surface area contributed by atoms with E-state index in [1.807, 2.05) is 6.07 Å². The van der Waals surface area contributed by atoms with Gasteiger partial charge in [0.2, 0.25) is 0 Å². The molecule has 0 saturated heterocycles. The summed E-state index contributed by atoms with van der Waals surface area (Å²) in [6.07, 6.45) is 1.62. The first-order chi connectivity index (χ1) is 6.29. The summed E-state index contributed by atoms with van der Waals surface area (Å²) in [7, 11) is 0. The maximum Gasteiger partial charge on any atom is 0.183 e. The minimum Gasteiger partial charge on any atom is -0.375 e. The Balaban J connectivity index is 2.37. The van der Waals surface area contributed by atoms with E-state index in [9.17, 15) is 0 Å². The topological polar surface area (TPSA) is 87.7 Å². The zero-order chi connectivity index (χ0) is 9.52. The number of hydrazine groups is 1. The lowest BCUT2D eigenvalue weighted by Gasteiger charge is -1.98. The Morgan fingerprint density at radius 2 is 2.38 bits per heavy atom. The van der Waals surface area contributed by atoms with Crippen molar-refractivity contribution in [2.75, 3.05) is 0 Å². The van der Waals surface area contributed by atoms with E-state index in [0.717, 1.165) is 0 Å². The van der Waals surface area contributed by atoms with Crippen molar-refractivity contribution < 1.29 is 0 Å². The molecule has 0 amide bonds. The molecule has 0 saturated carbocycles. The van der Waals surface area contributed by atoms with E-state index in [4.69, 9.17) is 5.73 Å². The maximum atomic E-state index is 5.11. The lowest BCUT2D eigenvalue weighted by Crippen LogP contribution is -2.37. The highest BCUT2D eigenvalue weighted by molar-refractivity contribution is 7.80. The molecule has 0 aromatic carbocycles. The first-order valence-corrected chi connectivity index (χ1v) is 3.82. The zero-order valence-corrected chi connectivity index (χ0v) is 7.45. The third-order valence-electron chi connectivity index (χ3n) is 1.03. The van der Waals surface area contributed by atoms with Gasteiger partial charge in [-0.1, -0.05) is 11.3 Å². The first kappa shape index (κ1) is 9.33. The summed E-state index contributed by atoms with van der Waals surface area (Å²) in [6, 6.07) is 5.31. The standard InChI is InChI=1S/C6H8N6S/c7-6(13)10-12-11-9-5-3-1-2-4-8-5/h1-4H,(H,8,9,12)(H3,7,10,11,13). The Bertz CT molecular complexity index is 297. The summed E-state index contributed by atoms with van der Waals surface area (Å²) in [5.41, 5.74) is 9.83. The molecule has 6 nitrogen and oxygen atoms in total. The monoisotopic (exact) mass is 196 g/mol. The van der Waals surface area contributed by atoms with Gasteiger partial charge in [-0.05, 0) is 24.4 Å². The fourth-order valence-electron chi connectivity index (χ4n) is 0.569. The lowest BCUT2D eigenvalue weighted by molar-refractivity contribution is 0.659. The maximum absolute atomic E-state index is 5.11. The van der Waals surface area contributed by atoms with Crippen LogP contribution in [0.5, 0.6) is 0 Å². The molecule has 0 atom stereocenters. The largest absolute Gasteiger partial charge is 0.375 e. The summed E-state index contributed by atoms with van der Waals surface area (Å²) < 4.78 is 0. The lowest BCUT2D eigenvalue weighted by atomic mass is 10.5. The second-order valence-electron chi connectivity index (χ2n) is 1.99. The minimum atomic E-state index is 0.0972. The Hall–Kier alpha value is -1.76. The van der Waals surface area contributed by atoms with Crippen LogP contribution < -0.4 is 16.7 Å². The second-order valence-corrected chi connectivity index (χ2v) is 2.43. The van der Waals surface area contributed by atoms with Crippen molar-refractivity contribution in [1.82, 2.24) is 15.9 Å².